The average Bonchev–Trinajstić information content (AvgIpc) is 2.37. The van der Waals surface area contributed by atoms with Crippen molar-refractivity contribution in [3.8, 4) is 0 Å². The van der Waals surface area contributed by atoms with E-state index in [1.165, 1.54) is 12.1 Å². The number of halogens is 3. The predicted octanol–water partition coefficient (Wildman–Crippen LogP) is 2.78. The normalized spacial score (nSPS) is 12.5. The maximum Gasteiger partial charge on any atom is 0.401 e. The molecule has 0 spiro atoms. The summed E-state index contributed by atoms with van der Waals surface area (Å²) in [5.74, 6) is -5.54. The van der Waals surface area contributed by atoms with Gasteiger partial charge in [-0.25, -0.2) is 4.79 Å². The van der Waals surface area contributed by atoms with Gasteiger partial charge in [-0.15, -0.1) is 0 Å². The highest BCUT2D eigenvalue weighted by Gasteiger charge is 2.44. The maximum absolute atomic E-state index is 12.8. The van der Waals surface area contributed by atoms with Crippen LogP contribution in [-0.2, 0) is 9.59 Å². The first-order valence-corrected chi connectivity index (χ1v) is 6.94. The molecule has 0 radical (unpaired) electrons. The highest BCUT2D eigenvalue weighted by atomic mass is 32.2. The lowest BCUT2D eigenvalue weighted by molar-refractivity contribution is -0.174. The fourth-order valence-corrected chi connectivity index (χ4v) is 2.19. The van der Waals surface area contributed by atoms with Gasteiger partial charge in [0.1, 0.15) is 5.92 Å². The molecule has 22 heavy (non-hydrogen) atoms. The second-order valence-electron chi connectivity index (χ2n) is 4.27. The Bertz CT molecular complexity index is 572. The third-order valence-electron chi connectivity index (χ3n) is 2.56. The lowest BCUT2D eigenvalue weighted by Crippen LogP contribution is -2.37. The Morgan fingerprint density at radius 2 is 1.77 bits per heavy atom. The Morgan fingerprint density at radius 1 is 1.23 bits per heavy atom. The first-order chi connectivity index (χ1) is 10.1. The van der Waals surface area contributed by atoms with Gasteiger partial charge in [0, 0.05) is 18.4 Å². The minimum atomic E-state index is -4.78. The smallest absolute Gasteiger partial charge is 0.401 e. The van der Waals surface area contributed by atoms with Gasteiger partial charge in [0.15, 0.2) is 5.12 Å². The van der Waals surface area contributed by atoms with Gasteiger partial charge in [0.05, 0.1) is 5.56 Å². The Labute approximate surface area is 127 Å². The number of rotatable bonds is 5. The molecule has 0 bridgehead atoms. The van der Waals surface area contributed by atoms with Crippen LogP contribution in [0.25, 0.3) is 0 Å². The zero-order chi connectivity index (χ0) is 16.9. The average molecular weight is 335 g/mol. The SMILES string of the molecule is CC(=O)SCC(C(=O)Nc1ccc(C(=O)O)cc1)C(F)(F)F. The molecule has 1 aromatic rings. The molecule has 1 amide bonds. The molecule has 9 heteroatoms. The molecule has 5 nitrogen and oxygen atoms in total. The Morgan fingerprint density at radius 3 is 2.18 bits per heavy atom. The quantitative estimate of drug-likeness (QED) is 0.864. The lowest BCUT2D eigenvalue weighted by Gasteiger charge is -2.19. The number of anilines is 1. The van der Waals surface area contributed by atoms with Crippen molar-refractivity contribution in [1.82, 2.24) is 0 Å². The summed E-state index contributed by atoms with van der Waals surface area (Å²) in [4.78, 5) is 33.1. The van der Waals surface area contributed by atoms with E-state index in [4.69, 9.17) is 5.11 Å². The molecule has 1 rings (SSSR count). The number of hydrogen-bond donors (Lipinski definition) is 2. The minimum Gasteiger partial charge on any atom is -0.478 e. The number of carboxylic acid groups (broad SMARTS) is 1. The number of amides is 1. The van der Waals surface area contributed by atoms with Gasteiger partial charge >= 0.3 is 12.1 Å². The molecule has 0 saturated carbocycles. The number of carbonyl (C=O) groups is 3. The van der Waals surface area contributed by atoms with Gasteiger partial charge in [0.25, 0.3) is 0 Å². The van der Waals surface area contributed by atoms with Gasteiger partial charge in [-0.05, 0) is 24.3 Å². The third kappa shape index (κ3) is 5.40. The van der Waals surface area contributed by atoms with Crippen molar-refractivity contribution in [2.24, 2.45) is 5.92 Å². The van der Waals surface area contributed by atoms with Crippen molar-refractivity contribution in [2.75, 3.05) is 11.1 Å². The molecule has 1 unspecified atom stereocenters. The summed E-state index contributed by atoms with van der Waals surface area (Å²) in [5.41, 5.74) is -0.0189. The molecule has 0 fully saturated rings. The fourth-order valence-electron chi connectivity index (χ4n) is 1.45. The first-order valence-electron chi connectivity index (χ1n) is 5.95. The number of carbonyl (C=O) groups excluding carboxylic acids is 2. The number of carboxylic acids is 1. The number of benzene rings is 1. The number of aromatic carboxylic acids is 1. The number of thioether (sulfide) groups is 1. The fraction of sp³-hybridized carbons (Fsp3) is 0.308. The number of nitrogens with one attached hydrogen (secondary N) is 1. The van der Waals surface area contributed by atoms with Crippen LogP contribution in [0.4, 0.5) is 18.9 Å². The summed E-state index contributed by atoms with van der Waals surface area (Å²) in [7, 11) is 0. The molecule has 2 N–H and O–H groups in total. The van der Waals surface area contributed by atoms with Crippen molar-refractivity contribution < 1.29 is 32.7 Å². The van der Waals surface area contributed by atoms with Crippen LogP contribution >= 0.6 is 11.8 Å². The molecule has 120 valence electrons. The van der Waals surface area contributed by atoms with Crippen molar-refractivity contribution in [2.45, 2.75) is 13.1 Å². The third-order valence-corrected chi connectivity index (χ3v) is 3.47. The van der Waals surface area contributed by atoms with Gasteiger partial charge < -0.3 is 10.4 Å². The molecular formula is C13H12F3NO4S. The number of alkyl halides is 3. The van der Waals surface area contributed by atoms with Crippen LogP contribution < -0.4 is 5.32 Å². The van der Waals surface area contributed by atoms with Gasteiger partial charge in [-0.3, -0.25) is 9.59 Å². The van der Waals surface area contributed by atoms with Crippen molar-refractivity contribution in [3.63, 3.8) is 0 Å². The Kier molecular flexibility index (Phi) is 5.98. The molecule has 0 aliphatic heterocycles. The van der Waals surface area contributed by atoms with Crippen LogP contribution in [-0.4, -0.2) is 34.0 Å². The summed E-state index contributed by atoms with van der Waals surface area (Å²) in [5, 5.41) is 10.2. The van der Waals surface area contributed by atoms with Crippen LogP contribution in [0.15, 0.2) is 24.3 Å². The van der Waals surface area contributed by atoms with Crippen LogP contribution in [0.3, 0.4) is 0 Å². The lowest BCUT2D eigenvalue weighted by atomic mass is 10.1. The highest BCUT2D eigenvalue weighted by Crippen LogP contribution is 2.30. The van der Waals surface area contributed by atoms with E-state index in [2.05, 4.69) is 5.32 Å². The molecule has 0 heterocycles. The van der Waals surface area contributed by atoms with Gasteiger partial charge in [0.2, 0.25) is 5.91 Å². The van der Waals surface area contributed by atoms with E-state index in [0.29, 0.717) is 11.8 Å². The van der Waals surface area contributed by atoms with E-state index in [0.717, 1.165) is 19.1 Å². The van der Waals surface area contributed by atoms with E-state index in [1.807, 2.05) is 0 Å². The summed E-state index contributed by atoms with van der Waals surface area (Å²) in [6.07, 6.45) is -4.78. The summed E-state index contributed by atoms with van der Waals surface area (Å²) >= 11 is 0.414. The predicted molar refractivity (Wildman–Crippen MR) is 74.7 cm³/mol. The second kappa shape index (κ2) is 7.30. The Balaban J connectivity index is 2.81. The second-order valence-corrected chi connectivity index (χ2v) is 5.47. The van der Waals surface area contributed by atoms with Crippen molar-refractivity contribution in [3.05, 3.63) is 29.8 Å². The molecule has 1 aromatic carbocycles. The van der Waals surface area contributed by atoms with Crippen LogP contribution in [0.5, 0.6) is 0 Å². The summed E-state index contributed by atoms with van der Waals surface area (Å²) < 4.78 is 38.5. The van der Waals surface area contributed by atoms with Gasteiger partial charge in [-0.2, -0.15) is 13.2 Å². The van der Waals surface area contributed by atoms with Crippen molar-refractivity contribution >= 4 is 34.4 Å². The summed E-state index contributed by atoms with van der Waals surface area (Å²) in [6, 6.07) is 4.69. The number of hydrogen-bond acceptors (Lipinski definition) is 4. The largest absolute Gasteiger partial charge is 0.478 e. The maximum atomic E-state index is 12.8. The first kappa shape index (κ1) is 18.0. The molecule has 0 aromatic heterocycles. The zero-order valence-electron chi connectivity index (χ0n) is 11.3. The molecule has 1 atom stereocenters. The Hall–Kier alpha value is -2.03. The highest BCUT2D eigenvalue weighted by molar-refractivity contribution is 8.13. The standard InChI is InChI=1S/C13H12F3NO4S/c1-7(18)22-6-10(13(14,15)16)11(19)17-9-4-2-8(3-5-9)12(20)21/h2-5,10H,6H2,1H3,(H,17,19)(H,20,21). The van der Waals surface area contributed by atoms with E-state index in [9.17, 15) is 27.6 Å². The van der Waals surface area contributed by atoms with E-state index in [-0.39, 0.29) is 11.3 Å². The van der Waals surface area contributed by atoms with Crippen LogP contribution in [0.1, 0.15) is 17.3 Å². The minimum absolute atomic E-state index is 0.0390. The van der Waals surface area contributed by atoms with Crippen molar-refractivity contribution in [1.29, 1.82) is 0 Å². The van der Waals surface area contributed by atoms with E-state index < -0.39 is 34.8 Å². The van der Waals surface area contributed by atoms with E-state index >= 15 is 0 Å². The van der Waals surface area contributed by atoms with E-state index in [1.54, 1.807) is 0 Å². The zero-order valence-corrected chi connectivity index (χ0v) is 12.1. The van der Waals surface area contributed by atoms with Crippen LogP contribution in [0.2, 0.25) is 0 Å². The van der Waals surface area contributed by atoms with Gasteiger partial charge in [-0.1, -0.05) is 11.8 Å². The molecule has 0 aliphatic rings. The molecule has 0 aliphatic carbocycles. The van der Waals surface area contributed by atoms with Crippen LogP contribution in [0, 0.1) is 5.92 Å². The summed E-state index contributed by atoms with van der Waals surface area (Å²) in [6.45, 7) is 1.11. The molecular weight excluding hydrogens is 323 g/mol. The monoisotopic (exact) mass is 335 g/mol. The topological polar surface area (TPSA) is 83.5 Å². The molecule has 0 saturated heterocycles.